The van der Waals surface area contributed by atoms with Gasteiger partial charge in [0, 0.05) is 12.4 Å². The van der Waals surface area contributed by atoms with E-state index in [0.717, 1.165) is 12.0 Å². The van der Waals surface area contributed by atoms with Crippen molar-refractivity contribution < 1.29 is 8.42 Å². The summed E-state index contributed by atoms with van der Waals surface area (Å²) in [7, 11) is -3.39. The van der Waals surface area contributed by atoms with Gasteiger partial charge in [-0.05, 0) is 36.0 Å². The van der Waals surface area contributed by atoms with E-state index in [4.69, 9.17) is 11.6 Å². The molecule has 0 spiro atoms. The Kier molecular flexibility index (Phi) is 4.87. The maximum Gasteiger partial charge on any atom is 0.240 e. The maximum absolute atomic E-state index is 12.2. The Bertz CT molecular complexity index is 513. The van der Waals surface area contributed by atoms with Gasteiger partial charge in [-0.15, -0.1) is 11.6 Å². The predicted molar refractivity (Wildman–Crippen MR) is 77.7 cm³/mol. The van der Waals surface area contributed by atoms with Crippen LogP contribution in [0.15, 0.2) is 29.2 Å². The van der Waals surface area contributed by atoms with Crippen molar-refractivity contribution in [2.45, 2.75) is 37.0 Å². The fraction of sp³-hybridized carbons (Fsp3) is 0.571. The number of halogens is 1. The molecular weight excluding hydrogens is 282 g/mol. The van der Waals surface area contributed by atoms with E-state index in [1.807, 2.05) is 0 Å². The Hall–Kier alpha value is -0.580. The Balaban J connectivity index is 2.01. The molecule has 2 rings (SSSR count). The molecule has 1 aliphatic carbocycles. The average Bonchev–Trinajstić information content (AvgIpc) is 2.82. The van der Waals surface area contributed by atoms with Crippen molar-refractivity contribution in [1.29, 1.82) is 0 Å². The lowest BCUT2D eigenvalue weighted by Gasteiger charge is -2.16. The highest BCUT2D eigenvalue weighted by molar-refractivity contribution is 7.89. The van der Waals surface area contributed by atoms with Gasteiger partial charge < -0.3 is 0 Å². The first kappa shape index (κ1) is 14.8. The molecule has 5 heteroatoms. The summed E-state index contributed by atoms with van der Waals surface area (Å²) < 4.78 is 27.0. The van der Waals surface area contributed by atoms with Crippen molar-refractivity contribution >= 4 is 21.6 Å². The lowest BCUT2D eigenvalue weighted by Crippen LogP contribution is -2.30. The molecular formula is C14H20ClNO2S. The highest BCUT2D eigenvalue weighted by Gasteiger charge is 2.25. The summed E-state index contributed by atoms with van der Waals surface area (Å²) >= 11 is 5.69. The molecule has 0 amide bonds. The number of sulfonamides is 1. The number of nitrogens with one attached hydrogen (secondary N) is 1. The smallest absolute Gasteiger partial charge is 0.211 e. The molecule has 0 saturated heterocycles. The largest absolute Gasteiger partial charge is 0.240 e. The molecule has 1 aromatic carbocycles. The highest BCUT2D eigenvalue weighted by atomic mass is 35.5. The molecule has 1 aromatic rings. The summed E-state index contributed by atoms with van der Waals surface area (Å²) in [4.78, 5) is 0.312. The van der Waals surface area contributed by atoms with Crippen LogP contribution in [0.2, 0.25) is 0 Å². The zero-order valence-corrected chi connectivity index (χ0v) is 12.7. The molecule has 0 radical (unpaired) electrons. The van der Waals surface area contributed by atoms with Crippen molar-refractivity contribution in [1.82, 2.24) is 4.72 Å². The molecule has 2 atom stereocenters. The van der Waals surface area contributed by atoms with Crippen LogP contribution < -0.4 is 4.72 Å². The molecule has 3 nitrogen and oxygen atoms in total. The minimum Gasteiger partial charge on any atom is -0.211 e. The Morgan fingerprint density at radius 2 is 1.95 bits per heavy atom. The number of hydrogen-bond acceptors (Lipinski definition) is 2. The quantitative estimate of drug-likeness (QED) is 0.849. The summed E-state index contributed by atoms with van der Waals surface area (Å²) in [5.74, 6) is 1.48. The number of benzene rings is 1. The minimum atomic E-state index is -3.39. The third-order valence-corrected chi connectivity index (χ3v) is 5.71. The van der Waals surface area contributed by atoms with Crippen molar-refractivity contribution in [2.75, 3.05) is 6.54 Å². The van der Waals surface area contributed by atoms with Crippen LogP contribution >= 0.6 is 11.6 Å². The first-order valence-electron chi connectivity index (χ1n) is 6.67. The van der Waals surface area contributed by atoms with Gasteiger partial charge in [0.2, 0.25) is 10.0 Å². The molecule has 1 aliphatic rings. The molecule has 19 heavy (non-hydrogen) atoms. The van der Waals surface area contributed by atoms with Gasteiger partial charge in [-0.2, -0.15) is 0 Å². The SMILES string of the molecule is CC1CCCC1CNS(=O)(=O)c1ccc(CCl)cc1. The third kappa shape index (κ3) is 3.71. The third-order valence-electron chi connectivity index (χ3n) is 3.96. The molecule has 1 saturated carbocycles. The van der Waals surface area contributed by atoms with E-state index in [1.165, 1.54) is 12.8 Å². The van der Waals surface area contributed by atoms with Crippen LogP contribution in [0.4, 0.5) is 0 Å². The highest BCUT2D eigenvalue weighted by Crippen LogP contribution is 2.30. The second kappa shape index (κ2) is 6.25. The van der Waals surface area contributed by atoms with Crippen LogP contribution in [-0.4, -0.2) is 15.0 Å². The van der Waals surface area contributed by atoms with Gasteiger partial charge in [0.1, 0.15) is 0 Å². The van der Waals surface area contributed by atoms with E-state index >= 15 is 0 Å². The van der Waals surface area contributed by atoms with Gasteiger partial charge in [0.15, 0.2) is 0 Å². The topological polar surface area (TPSA) is 46.2 Å². The molecule has 0 aliphatic heterocycles. The normalized spacial score (nSPS) is 23.7. The van der Waals surface area contributed by atoms with E-state index < -0.39 is 10.0 Å². The summed E-state index contributed by atoms with van der Waals surface area (Å²) in [5, 5.41) is 0. The molecule has 2 unspecified atom stereocenters. The molecule has 1 fully saturated rings. The minimum absolute atomic E-state index is 0.312. The second-order valence-electron chi connectivity index (χ2n) is 5.30. The first-order chi connectivity index (χ1) is 9.03. The Morgan fingerprint density at radius 1 is 1.26 bits per heavy atom. The lowest BCUT2D eigenvalue weighted by molar-refractivity contribution is 0.414. The van der Waals surface area contributed by atoms with Crippen LogP contribution in [0.1, 0.15) is 31.7 Å². The fourth-order valence-corrected chi connectivity index (χ4v) is 3.86. The fourth-order valence-electron chi connectivity index (χ4n) is 2.58. The van der Waals surface area contributed by atoms with Gasteiger partial charge in [0.05, 0.1) is 4.90 Å². The van der Waals surface area contributed by atoms with Gasteiger partial charge in [-0.25, -0.2) is 13.1 Å². The van der Waals surface area contributed by atoms with Gasteiger partial charge >= 0.3 is 0 Å². The number of hydrogen-bond donors (Lipinski definition) is 1. The Labute approximate surface area is 120 Å². The molecule has 0 aromatic heterocycles. The van der Waals surface area contributed by atoms with Crippen LogP contribution in [0, 0.1) is 11.8 Å². The van der Waals surface area contributed by atoms with E-state index in [9.17, 15) is 8.42 Å². The van der Waals surface area contributed by atoms with Crippen LogP contribution in [0.3, 0.4) is 0 Å². The summed E-state index contributed by atoms with van der Waals surface area (Å²) in [5.41, 5.74) is 0.921. The monoisotopic (exact) mass is 301 g/mol. The van der Waals surface area contributed by atoms with Crippen molar-refractivity contribution in [3.8, 4) is 0 Å². The van der Waals surface area contributed by atoms with Crippen LogP contribution in [-0.2, 0) is 15.9 Å². The zero-order valence-electron chi connectivity index (χ0n) is 11.1. The summed E-state index contributed by atoms with van der Waals surface area (Å²) in [6.45, 7) is 2.74. The van der Waals surface area contributed by atoms with Crippen molar-refractivity contribution in [3.05, 3.63) is 29.8 Å². The second-order valence-corrected chi connectivity index (χ2v) is 7.33. The maximum atomic E-state index is 12.2. The van der Waals surface area contributed by atoms with Gasteiger partial charge in [0.25, 0.3) is 0 Å². The molecule has 0 bridgehead atoms. The van der Waals surface area contributed by atoms with E-state index in [1.54, 1.807) is 24.3 Å². The van der Waals surface area contributed by atoms with E-state index in [-0.39, 0.29) is 0 Å². The summed E-state index contributed by atoms with van der Waals surface area (Å²) in [6, 6.07) is 6.72. The van der Waals surface area contributed by atoms with E-state index in [0.29, 0.717) is 29.2 Å². The summed E-state index contributed by atoms with van der Waals surface area (Å²) in [6.07, 6.45) is 3.53. The number of alkyl halides is 1. The standard InChI is InChI=1S/C14H20ClNO2S/c1-11-3-2-4-13(11)10-16-19(17,18)14-7-5-12(9-15)6-8-14/h5-8,11,13,16H,2-4,9-10H2,1H3. The molecule has 0 heterocycles. The number of rotatable bonds is 5. The average molecular weight is 302 g/mol. The van der Waals surface area contributed by atoms with Crippen molar-refractivity contribution in [2.24, 2.45) is 11.8 Å². The molecule has 106 valence electrons. The van der Waals surface area contributed by atoms with Crippen LogP contribution in [0.25, 0.3) is 0 Å². The van der Waals surface area contributed by atoms with E-state index in [2.05, 4.69) is 11.6 Å². The lowest BCUT2D eigenvalue weighted by atomic mass is 9.99. The zero-order chi connectivity index (χ0) is 13.9. The van der Waals surface area contributed by atoms with Gasteiger partial charge in [-0.3, -0.25) is 0 Å². The van der Waals surface area contributed by atoms with Crippen LogP contribution in [0.5, 0.6) is 0 Å². The Morgan fingerprint density at radius 3 is 2.47 bits per heavy atom. The first-order valence-corrected chi connectivity index (χ1v) is 8.69. The predicted octanol–water partition coefficient (Wildman–Crippen LogP) is 3.14. The van der Waals surface area contributed by atoms with Gasteiger partial charge in [-0.1, -0.05) is 31.9 Å². The van der Waals surface area contributed by atoms with Crippen molar-refractivity contribution in [3.63, 3.8) is 0 Å². The molecule has 1 N–H and O–H groups in total.